The lowest BCUT2D eigenvalue weighted by atomic mass is 9.97. The zero-order valence-corrected chi connectivity index (χ0v) is 22.9. The summed E-state index contributed by atoms with van der Waals surface area (Å²) in [5.41, 5.74) is 4.20. The number of morpholine rings is 1. The SMILES string of the molecule is CN(CC1CCCN(C(=O)OC(C)(C)C)C1)c1nc(-c2ccc(N3CCOCC3)cc2)cc2nccnc12. The van der Waals surface area contributed by atoms with Crippen molar-refractivity contribution in [3.63, 3.8) is 0 Å². The van der Waals surface area contributed by atoms with Crippen LogP contribution in [-0.4, -0.2) is 84.5 Å². The lowest BCUT2D eigenvalue weighted by molar-refractivity contribution is 0.0170. The van der Waals surface area contributed by atoms with Crippen molar-refractivity contribution in [2.45, 2.75) is 39.2 Å². The molecule has 0 aliphatic carbocycles. The molecule has 9 heteroatoms. The standard InChI is InChI=1S/C29H38N6O3/c1-29(2,3)38-28(36)35-13-5-6-21(20-35)19-33(4)27-26-25(30-11-12-31-26)18-24(32-27)22-7-9-23(10-8-22)34-14-16-37-17-15-34/h7-12,18,21H,5-6,13-17,19-20H2,1-4H3. The minimum atomic E-state index is -0.497. The Morgan fingerprint density at radius 2 is 1.84 bits per heavy atom. The van der Waals surface area contributed by atoms with Crippen LogP contribution in [0.5, 0.6) is 0 Å². The second-order valence-corrected chi connectivity index (χ2v) is 11.2. The molecule has 1 atom stereocenters. The van der Waals surface area contributed by atoms with E-state index < -0.39 is 5.60 Å². The number of carbonyl (C=O) groups excluding carboxylic acids is 1. The first-order valence-corrected chi connectivity index (χ1v) is 13.5. The molecule has 2 saturated heterocycles. The number of benzene rings is 1. The Morgan fingerprint density at radius 1 is 1.11 bits per heavy atom. The van der Waals surface area contributed by atoms with Crippen LogP contribution in [-0.2, 0) is 9.47 Å². The van der Waals surface area contributed by atoms with E-state index in [1.165, 1.54) is 5.69 Å². The zero-order chi connectivity index (χ0) is 26.7. The maximum Gasteiger partial charge on any atom is 0.410 e. The van der Waals surface area contributed by atoms with Gasteiger partial charge in [0, 0.05) is 63.4 Å². The van der Waals surface area contributed by atoms with Crippen molar-refractivity contribution in [2.24, 2.45) is 5.92 Å². The Bertz CT molecular complexity index is 1250. The molecule has 1 aromatic carbocycles. The van der Waals surface area contributed by atoms with Gasteiger partial charge in [-0.3, -0.25) is 4.98 Å². The Kier molecular flexibility index (Phi) is 7.65. The van der Waals surface area contributed by atoms with E-state index in [4.69, 9.17) is 14.5 Å². The second-order valence-electron chi connectivity index (χ2n) is 11.2. The third-order valence-corrected chi connectivity index (χ3v) is 7.04. The van der Waals surface area contributed by atoms with Crippen LogP contribution in [0.2, 0.25) is 0 Å². The first-order valence-electron chi connectivity index (χ1n) is 13.5. The van der Waals surface area contributed by atoms with Gasteiger partial charge in [0.2, 0.25) is 0 Å². The number of ether oxygens (including phenoxy) is 2. The summed E-state index contributed by atoms with van der Waals surface area (Å²) in [4.78, 5) is 33.3. The van der Waals surface area contributed by atoms with Crippen LogP contribution in [0.25, 0.3) is 22.3 Å². The summed E-state index contributed by atoms with van der Waals surface area (Å²) in [6.45, 7) is 11.2. The molecule has 1 amide bonds. The van der Waals surface area contributed by atoms with E-state index in [2.05, 4.69) is 44.0 Å². The second kappa shape index (κ2) is 11.1. The quantitative estimate of drug-likeness (QED) is 0.484. The van der Waals surface area contributed by atoms with Crippen molar-refractivity contribution in [1.29, 1.82) is 0 Å². The van der Waals surface area contributed by atoms with E-state index in [-0.39, 0.29) is 6.09 Å². The Balaban J connectivity index is 1.35. The maximum absolute atomic E-state index is 12.7. The number of carbonyl (C=O) groups is 1. The summed E-state index contributed by atoms with van der Waals surface area (Å²) in [6.07, 6.45) is 5.21. The molecule has 0 N–H and O–H groups in total. The molecule has 2 aliphatic heterocycles. The maximum atomic E-state index is 12.7. The fourth-order valence-electron chi connectivity index (χ4n) is 5.21. The Hall–Kier alpha value is -3.46. The molecule has 4 heterocycles. The number of nitrogens with zero attached hydrogens (tertiary/aromatic N) is 6. The van der Waals surface area contributed by atoms with Gasteiger partial charge in [-0.05, 0) is 57.7 Å². The highest BCUT2D eigenvalue weighted by molar-refractivity contribution is 5.89. The van der Waals surface area contributed by atoms with Crippen LogP contribution in [0.3, 0.4) is 0 Å². The van der Waals surface area contributed by atoms with E-state index in [0.717, 1.165) is 80.3 Å². The Labute approximate surface area is 224 Å². The third-order valence-electron chi connectivity index (χ3n) is 7.04. The van der Waals surface area contributed by atoms with Crippen molar-refractivity contribution in [3.8, 4) is 11.3 Å². The molecular weight excluding hydrogens is 480 g/mol. The van der Waals surface area contributed by atoms with Gasteiger partial charge in [-0.25, -0.2) is 14.8 Å². The lowest BCUT2D eigenvalue weighted by Crippen LogP contribution is -2.45. The van der Waals surface area contributed by atoms with Crippen molar-refractivity contribution < 1.29 is 14.3 Å². The van der Waals surface area contributed by atoms with Gasteiger partial charge < -0.3 is 24.2 Å². The first-order chi connectivity index (χ1) is 18.3. The van der Waals surface area contributed by atoms with Crippen LogP contribution >= 0.6 is 0 Å². The number of aromatic nitrogens is 3. The number of likely N-dealkylation sites (tertiary alicyclic amines) is 1. The average molecular weight is 519 g/mol. The summed E-state index contributed by atoms with van der Waals surface area (Å²) >= 11 is 0. The highest BCUT2D eigenvalue weighted by Crippen LogP contribution is 2.30. The van der Waals surface area contributed by atoms with Gasteiger partial charge in [-0.2, -0.15) is 0 Å². The van der Waals surface area contributed by atoms with Crippen molar-refractivity contribution in [2.75, 3.05) is 62.8 Å². The van der Waals surface area contributed by atoms with E-state index in [9.17, 15) is 4.79 Å². The van der Waals surface area contributed by atoms with Gasteiger partial charge in [0.1, 0.15) is 11.1 Å². The number of anilines is 2. The van der Waals surface area contributed by atoms with Crippen molar-refractivity contribution in [1.82, 2.24) is 19.9 Å². The molecule has 0 spiro atoms. The molecule has 3 aromatic rings. The van der Waals surface area contributed by atoms with E-state index in [1.54, 1.807) is 12.4 Å². The van der Waals surface area contributed by atoms with Gasteiger partial charge in [0.25, 0.3) is 0 Å². The molecule has 1 unspecified atom stereocenters. The smallest absolute Gasteiger partial charge is 0.410 e. The molecule has 2 fully saturated rings. The van der Waals surface area contributed by atoms with Crippen molar-refractivity contribution >= 4 is 28.6 Å². The molecule has 0 radical (unpaired) electrons. The van der Waals surface area contributed by atoms with Gasteiger partial charge in [0.15, 0.2) is 5.82 Å². The molecule has 2 aliphatic rings. The summed E-state index contributed by atoms with van der Waals surface area (Å²) in [6, 6.07) is 10.6. The van der Waals surface area contributed by atoms with Gasteiger partial charge in [-0.15, -0.1) is 0 Å². The molecule has 9 nitrogen and oxygen atoms in total. The zero-order valence-electron chi connectivity index (χ0n) is 22.9. The monoisotopic (exact) mass is 518 g/mol. The number of hydrogen-bond donors (Lipinski definition) is 0. The van der Waals surface area contributed by atoms with Gasteiger partial charge >= 0.3 is 6.09 Å². The number of fused-ring (bicyclic) bond motifs is 1. The Morgan fingerprint density at radius 3 is 2.58 bits per heavy atom. The van der Waals surface area contributed by atoms with Crippen LogP contribution in [0.1, 0.15) is 33.6 Å². The number of rotatable bonds is 5. The fraction of sp³-hybridized carbons (Fsp3) is 0.517. The molecule has 38 heavy (non-hydrogen) atoms. The summed E-state index contributed by atoms with van der Waals surface area (Å²) in [7, 11) is 2.05. The predicted octanol–water partition coefficient (Wildman–Crippen LogP) is 4.61. The van der Waals surface area contributed by atoms with Gasteiger partial charge in [0.05, 0.1) is 24.4 Å². The molecular formula is C29H38N6O3. The minimum absolute atomic E-state index is 0.234. The highest BCUT2D eigenvalue weighted by atomic mass is 16.6. The highest BCUT2D eigenvalue weighted by Gasteiger charge is 2.29. The number of hydrogen-bond acceptors (Lipinski definition) is 8. The number of piperidine rings is 1. The van der Waals surface area contributed by atoms with Crippen molar-refractivity contribution in [3.05, 3.63) is 42.7 Å². The van der Waals surface area contributed by atoms with E-state index in [1.807, 2.05) is 38.8 Å². The van der Waals surface area contributed by atoms with Crippen LogP contribution in [0, 0.1) is 5.92 Å². The normalized spacial score (nSPS) is 18.5. The molecule has 0 saturated carbocycles. The van der Waals surface area contributed by atoms with E-state index in [0.29, 0.717) is 12.5 Å². The summed E-state index contributed by atoms with van der Waals surface area (Å²) in [5, 5.41) is 0. The largest absolute Gasteiger partial charge is 0.444 e. The average Bonchev–Trinajstić information content (AvgIpc) is 2.92. The lowest BCUT2D eigenvalue weighted by Gasteiger charge is -2.36. The summed E-state index contributed by atoms with van der Waals surface area (Å²) < 4.78 is 11.1. The van der Waals surface area contributed by atoms with Gasteiger partial charge in [-0.1, -0.05) is 12.1 Å². The summed E-state index contributed by atoms with van der Waals surface area (Å²) in [5.74, 6) is 1.11. The predicted molar refractivity (Wildman–Crippen MR) is 150 cm³/mol. The van der Waals surface area contributed by atoms with Crippen LogP contribution < -0.4 is 9.80 Å². The topological polar surface area (TPSA) is 83.9 Å². The molecule has 0 bridgehead atoms. The molecule has 5 rings (SSSR count). The third kappa shape index (κ3) is 6.15. The van der Waals surface area contributed by atoms with E-state index >= 15 is 0 Å². The van der Waals surface area contributed by atoms with Crippen LogP contribution in [0.15, 0.2) is 42.7 Å². The van der Waals surface area contributed by atoms with Crippen LogP contribution in [0.4, 0.5) is 16.3 Å². The number of amides is 1. The molecule has 2 aromatic heterocycles. The molecule has 202 valence electrons. The fourth-order valence-corrected chi connectivity index (χ4v) is 5.21. The number of pyridine rings is 1. The minimum Gasteiger partial charge on any atom is -0.444 e. The first kappa shape index (κ1) is 26.2.